The third-order valence-corrected chi connectivity index (χ3v) is 6.01. The topological polar surface area (TPSA) is 82.5 Å². The maximum absolute atomic E-state index is 12.8. The highest BCUT2D eigenvalue weighted by Gasteiger charge is 2.18. The highest BCUT2D eigenvalue weighted by molar-refractivity contribution is 7.99. The van der Waals surface area contributed by atoms with Gasteiger partial charge in [0, 0.05) is 11.6 Å². The molecule has 0 aliphatic carbocycles. The molecule has 4 rings (SSSR count). The molecule has 0 fully saturated rings. The fourth-order valence-electron chi connectivity index (χ4n) is 3.25. The fraction of sp³-hybridized carbons (Fsp3) is 0.227. The van der Waals surface area contributed by atoms with Gasteiger partial charge in [0.05, 0.1) is 22.7 Å². The van der Waals surface area contributed by atoms with Crippen molar-refractivity contribution in [3.05, 3.63) is 70.0 Å². The normalized spacial score (nSPS) is 13.2. The number of carbonyl (C=O) groups excluding carboxylic acids is 1. The molecule has 1 aromatic heterocycles. The van der Waals surface area contributed by atoms with Gasteiger partial charge in [0.2, 0.25) is 12.7 Å². The highest BCUT2D eigenvalue weighted by Crippen LogP contribution is 2.34. The lowest BCUT2D eigenvalue weighted by atomic mass is 10.1. The van der Waals surface area contributed by atoms with Gasteiger partial charge in [-0.15, -0.1) is 6.58 Å². The third-order valence-electron chi connectivity index (χ3n) is 4.80. The number of ether oxygens (including phenoxy) is 2. The Kier molecular flexibility index (Phi) is 6.20. The minimum absolute atomic E-state index is 0.102. The van der Waals surface area contributed by atoms with Crippen LogP contribution in [-0.4, -0.2) is 28.0 Å². The van der Waals surface area contributed by atoms with E-state index >= 15 is 0 Å². The Morgan fingerprint density at radius 1 is 1.32 bits per heavy atom. The van der Waals surface area contributed by atoms with Crippen molar-refractivity contribution in [2.45, 2.75) is 24.7 Å². The van der Waals surface area contributed by atoms with E-state index in [1.807, 2.05) is 25.1 Å². The first-order chi connectivity index (χ1) is 15.0. The van der Waals surface area contributed by atoms with E-state index in [-0.39, 0.29) is 30.1 Å². The molecule has 1 atom stereocenters. The smallest absolute Gasteiger partial charge is 0.262 e. The van der Waals surface area contributed by atoms with E-state index in [4.69, 9.17) is 21.1 Å². The number of nitrogens with one attached hydrogen (secondary N) is 1. The SMILES string of the molecule is C=CCn1c(SCC(=O)NC(C)c2ccc3c(c2)OCO3)nc2cc(Cl)ccc2c1=O. The molecule has 2 heterocycles. The Bertz CT molecular complexity index is 1230. The van der Waals surface area contributed by atoms with Gasteiger partial charge in [0.25, 0.3) is 5.56 Å². The summed E-state index contributed by atoms with van der Waals surface area (Å²) >= 11 is 7.24. The largest absolute Gasteiger partial charge is 0.454 e. The average molecular weight is 458 g/mol. The number of allylic oxidation sites excluding steroid dienone is 1. The van der Waals surface area contributed by atoms with Crippen LogP contribution in [0.5, 0.6) is 11.5 Å². The van der Waals surface area contributed by atoms with Crippen molar-refractivity contribution >= 4 is 40.2 Å². The molecule has 3 aromatic rings. The zero-order chi connectivity index (χ0) is 22.0. The van der Waals surface area contributed by atoms with Gasteiger partial charge in [-0.05, 0) is 42.8 Å². The number of aromatic nitrogens is 2. The molecular formula is C22H20ClN3O4S. The molecule has 0 saturated carbocycles. The second-order valence-corrected chi connectivity index (χ2v) is 8.33. The van der Waals surface area contributed by atoms with Crippen LogP contribution >= 0.6 is 23.4 Å². The summed E-state index contributed by atoms with van der Waals surface area (Å²) in [5, 5.41) is 4.35. The van der Waals surface area contributed by atoms with E-state index in [0.717, 1.165) is 5.56 Å². The number of amides is 1. The molecule has 1 amide bonds. The number of rotatable bonds is 7. The van der Waals surface area contributed by atoms with Gasteiger partial charge in [0.1, 0.15) is 0 Å². The molecule has 0 saturated heterocycles. The second-order valence-electron chi connectivity index (χ2n) is 6.95. The van der Waals surface area contributed by atoms with Crippen molar-refractivity contribution in [1.29, 1.82) is 0 Å². The minimum atomic E-state index is -0.221. The van der Waals surface area contributed by atoms with Crippen molar-refractivity contribution in [3.63, 3.8) is 0 Å². The summed E-state index contributed by atoms with van der Waals surface area (Å²) in [6.45, 7) is 6.10. The molecule has 31 heavy (non-hydrogen) atoms. The lowest BCUT2D eigenvalue weighted by Gasteiger charge is -2.15. The highest BCUT2D eigenvalue weighted by atomic mass is 35.5. The quantitative estimate of drug-likeness (QED) is 0.329. The van der Waals surface area contributed by atoms with E-state index in [9.17, 15) is 9.59 Å². The summed E-state index contributed by atoms with van der Waals surface area (Å²) in [7, 11) is 0. The standard InChI is InChI=1S/C22H20ClN3O4S/c1-3-8-26-21(28)16-6-5-15(23)10-17(16)25-22(26)31-11-20(27)24-13(2)14-4-7-18-19(9-14)30-12-29-18/h3-7,9-10,13H,1,8,11-12H2,2H3,(H,24,27). The van der Waals surface area contributed by atoms with Crippen LogP contribution in [0.1, 0.15) is 18.5 Å². The molecule has 0 radical (unpaired) electrons. The predicted molar refractivity (Wildman–Crippen MR) is 121 cm³/mol. The van der Waals surface area contributed by atoms with Crippen LogP contribution in [0.2, 0.25) is 5.02 Å². The lowest BCUT2D eigenvalue weighted by Crippen LogP contribution is -2.29. The van der Waals surface area contributed by atoms with Crippen LogP contribution < -0.4 is 20.3 Å². The monoisotopic (exact) mass is 457 g/mol. The number of hydrogen-bond acceptors (Lipinski definition) is 6. The lowest BCUT2D eigenvalue weighted by molar-refractivity contribution is -0.119. The molecule has 1 aliphatic heterocycles. The summed E-state index contributed by atoms with van der Waals surface area (Å²) in [4.78, 5) is 30.0. The van der Waals surface area contributed by atoms with Gasteiger partial charge >= 0.3 is 0 Å². The Morgan fingerprint density at radius 3 is 2.94 bits per heavy atom. The van der Waals surface area contributed by atoms with Crippen molar-refractivity contribution in [3.8, 4) is 11.5 Å². The fourth-order valence-corrected chi connectivity index (χ4v) is 4.24. The van der Waals surface area contributed by atoms with E-state index in [0.29, 0.717) is 39.1 Å². The number of hydrogen-bond donors (Lipinski definition) is 1. The van der Waals surface area contributed by atoms with Crippen LogP contribution in [0, 0.1) is 0 Å². The molecule has 7 nitrogen and oxygen atoms in total. The maximum atomic E-state index is 12.8. The van der Waals surface area contributed by atoms with Crippen molar-refractivity contribution in [2.24, 2.45) is 0 Å². The number of thioether (sulfide) groups is 1. The minimum Gasteiger partial charge on any atom is -0.454 e. The number of halogens is 1. The van der Waals surface area contributed by atoms with Crippen molar-refractivity contribution in [1.82, 2.24) is 14.9 Å². The van der Waals surface area contributed by atoms with Crippen molar-refractivity contribution in [2.75, 3.05) is 12.5 Å². The Balaban J connectivity index is 1.49. The summed E-state index contributed by atoms with van der Waals surface area (Å²) in [5.41, 5.74) is 1.21. The van der Waals surface area contributed by atoms with Crippen LogP contribution in [0.15, 0.2) is 59.0 Å². The van der Waals surface area contributed by atoms with Gasteiger partial charge in [0.15, 0.2) is 16.7 Å². The van der Waals surface area contributed by atoms with Crippen LogP contribution in [0.4, 0.5) is 0 Å². The first-order valence-corrected chi connectivity index (χ1v) is 11.0. The number of carbonyl (C=O) groups is 1. The molecule has 1 N–H and O–H groups in total. The molecule has 1 aliphatic rings. The summed E-state index contributed by atoms with van der Waals surface area (Å²) in [6.07, 6.45) is 1.62. The molecular weight excluding hydrogens is 438 g/mol. The van der Waals surface area contributed by atoms with Gasteiger partial charge in [-0.25, -0.2) is 4.98 Å². The number of benzene rings is 2. The molecule has 1 unspecified atom stereocenters. The van der Waals surface area contributed by atoms with E-state index in [1.54, 1.807) is 24.3 Å². The van der Waals surface area contributed by atoms with Crippen LogP contribution in [-0.2, 0) is 11.3 Å². The summed E-state index contributed by atoms with van der Waals surface area (Å²) in [5.74, 6) is 1.28. The Hall–Kier alpha value is -2.97. The third kappa shape index (κ3) is 4.55. The molecule has 160 valence electrons. The molecule has 0 spiro atoms. The second kappa shape index (κ2) is 9.03. The average Bonchev–Trinajstić information content (AvgIpc) is 3.22. The van der Waals surface area contributed by atoms with Crippen LogP contribution in [0.3, 0.4) is 0 Å². The molecule has 9 heteroatoms. The summed E-state index contributed by atoms with van der Waals surface area (Å²) in [6, 6.07) is 10.3. The maximum Gasteiger partial charge on any atom is 0.262 e. The molecule has 2 aromatic carbocycles. The van der Waals surface area contributed by atoms with E-state index in [1.165, 1.54) is 16.3 Å². The van der Waals surface area contributed by atoms with Crippen LogP contribution in [0.25, 0.3) is 10.9 Å². The van der Waals surface area contributed by atoms with Gasteiger partial charge in [-0.3, -0.25) is 14.2 Å². The number of fused-ring (bicyclic) bond motifs is 2. The Labute approximate surface area is 188 Å². The number of nitrogens with zero attached hydrogens (tertiary/aromatic N) is 2. The van der Waals surface area contributed by atoms with E-state index in [2.05, 4.69) is 16.9 Å². The Morgan fingerprint density at radius 2 is 2.13 bits per heavy atom. The summed E-state index contributed by atoms with van der Waals surface area (Å²) < 4.78 is 12.2. The molecule has 0 bridgehead atoms. The first kappa shape index (κ1) is 21.3. The van der Waals surface area contributed by atoms with Gasteiger partial charge in [-0.1, -0.05) is 35.5 Å². The van der Waals surface area contributed by atoms with Crippen molar-refractivity contribution < 1.29 is 14.3 Å². The van der Waals surface area contributed by atoms with Gasteiger partial charge in [-0.2, -0.15) is 0 Å². The predicted octanol–water partition coefficient (Wildman–Crippen LogP) is 3.93. The van der Waals surface area contributed by atoms with E-state index < -0.39 is 0 Å². The first-order valence-electron chi connectivity index (χ1n) is 9.59. The zero-order valence-corrected chi connectivity index (χ0v) is 18.3. The zero-order valence-electron chi connectivity index (χ0n) is 16.8. The van der Waals surface area contributed by atoms with Gasteiger partial charge < -0.3 is 14.8 Å².